The quantitative estimate of drug-likeness (QED) is 0.360. The number of pyridine rings is 1. The van der Waals surface area contributed by atoms with E-state index in [9.17, 15) is 20.1 Å². The summed E-state index contributed by atoms with van der Waals surface area (Å²) in [5, 5.41) is 46.2. The summed E-state index contributed by atoms with van der Waals surface area (Å²) in [6, 6.07) is 4.77. The second-order valence-electron chi connectivity index (χ2n) is 3.80. The average Bonchev–Trinajstić information content (AvgIpc) is 2.44. The largest absolute Gasteiger partial charge is 0.423 e. The molecule has 0 aromatic carbocycles. The van der Waals surface area contributed by atoms with Gasteiger partial charge in [0.15, 0.2) is 12.4 Å². The first-order valence-corrected chi connectivity index (χ1v) is 5.32. The number of aliphatic hydroxyl groups is 5. The van der Waals surface area contributed by atoms with Crippen molar-refractivity contribution in [1.82, 2.24) is 0 Å². The molecule has 4 atom stereocenters. The number of aromatic nitrogens is 1. The van der Waals surface area contributed by atoms with Gasteiger partial charge < -0.3 is 25.5 Å². The topological polar surface area (TPSA) is 122 Å². The van der Waals surface area contributed by atoms with Gasteiger partial charge in [0.25, 0.3) is 0 Å². The predicted molar refractivity (Wildman–Crippen MR) is 58.4 cm³/mol. The van der Waals surface area contributed by atoms with E-state index in [1.807, 2.05) is 0 Å². The van der Waals surface area contributed by atoms with Crippen LogP contribution in [0.5, 0.6) is 0 Å². The fourth-order valence-corrected chi connectivity index (χ4v) is 1.37. The van der Waals surface area contributed by atoms with Crippen molar-refractivity contribution in [2.24, 2.45) is 0 Å². The molecule has 1 rings (SSSR count). The van der Waals surface area contributed by atoms with Crippen LogP contribution < -0.4 is 4.57 Å². The number of hydrogen-bond acceptors (Lipinski definition) is 6. The molecule has 0 unspecified atom stereocenters. The first-order valence-electron chi connectivity index (χ1n) is 5.32. The Bertz CT molecular complexity index is 384. The minimum atomic E-state index is -1.91. The third-order valence-electron chi connectivity index (χ3n) is 2.48. The zero-order chi connectivity index (χ0) is 13.7. The van der Waals surface area contributed by atoms with Crippen molar-refractivity contribution in [1.29, 1.82) is 0 Å². The second-order valence-corrected chi connectivity index (χ2v) is 3.80. The lowest BCUT2D eigenvalue weighted by atomic mass is 10.0. The first kappa shape index (κ1) is 14.7. The van der Waals surface area contributed by atoms with Gasteiger partial charge in [-0.25, -0.2) is 4.79 Å². The molecule has 0 radical (unpaired) electrons. The van der Waals surface area contributed by atoms with Crippen LogP contribution >= 0.6 is 0 Å². The molecule has 0 aliphatic rings. The monoisotopic (exact) mass is 258 g/mol. The fourth-order valence-electron chi connectivity index (χ4n) is 1.37. The summed E-state index contributed by atoms with van der Waals surface area (Å²) in [7, 11) is 0. The van der Waals surface area contributed by atoms with Gasteiger partial charge >= 0.3 is 5.91 Å². The average molecular weight is 258 g/mol. The van der Waals surface area contributed by atoms with Crippen LogP contribution in [-0.2, 0) is 0 Å². The highest BCUT2D eigenvalue weighted by Crippen LogP contribution is 2.05. The molecule has 1 aromatic rings. The molecule has 0 aliphatic carbocycles. The highest BCUT2D eigenvalue weighted by molar-refractivity contribution is 5.72. The highest BCUT2D eigenvalue weighted by Gasteiger charge is 2.38. The van der Waals surface area contributed by atoms with E-state index in [2.05, 4.69) is 0 Å². The number of hydrogen-bond donors (Lipinski definition) is 5. The van der Waals surface area contributed by atoms with Crippen molar-refractivity contribution < 1.29 is 34.9 Å². The molecule has 7 heteroatoms. The molecule has 0 bridgehead atoms. The minimum Gasteiger partial charge on any atom is -0.394 e. The second kappa shape index (κ2) is 6.53. The van der Waals surface area contributed by atoms with Gasteiger partial charge in [-0.1, -0.05) is 6.07 Å². The fraction of sp³-hybridized carbons (Fsp3) is 0.455. The Morgan fingerprint density at radius 1 is 1.00 bits per heavy atom. The van der Waals surface area contributed by atoms with Crippen molar-refractivity contribution >= 4 is 5.91 Å². The van der Waals surface area contributed by atoms with Crippen molar-refractivity contribution in [2.75, 3.05) is 6.61 Å². The SMILES string of the molecule is O=C([C@H](O)[C@@H](O)[C@H](O)[C@H](O)CO)[n+]1ccccc1. The molecule has 0 saturated carbocycles. The van der Waals surface area contributed by atoms with E-state index in [1.54, 1.807) is 18.2 Å². The maximum absolute atomic E-state index is 11.7. The summed E-state index contributed by atoms with van der Waals surface area (Å²) in [6.07, 6.45) is -4.53. The van der Waals surface area contributed by atoms with E-state index < -0.39 is 36.9 Å². The van der Waals surface area contributed by atoms with E-state index in [4.69, 9.17) is 10.2 Å². The van der Waals surface area contributed by atoms with Crippen molar-refractivity contribution in [3.05, 3.63) is 30.6 Å². The lowest BCUT2D eigenvalue weighted by Crippen LogP contribution is -2.57. The van der Waals surface area contributed by atoms with Gasteiger partial charge in [-0.2, -0.15) is 0 Å². The van der Waals surface area contributed by atoms with Gasteiger partial charge in [0.05, 0.1) is 6.61 Å². The normalized spacial score (nSPS) is 17.8. The van der Waals surface area contributed by atoms with Crippen molar-refractivity contribution in [3.8, 4) is 0 Å². The molecular formula is C11H16NO6+. The summed E-state index contributed by atoms with van der Waals surface area (Å²) in [4.78, 5) is 11.7. The summed E-state index contributed by atoms with van der Waals surface area (Å²) < 4.78 is 1.03. The maximum Gasteiger partial charge on any atom is 0.423 e. The highest BCUT2D eigenvalue weighted by atomic mass is 16.4. The third-order valence-corrected chi connectivity index (χ3v) is 2.48. The van der Waals surface area contributed by atoms with Gasteiger partial charge in [-0.05, 0) is 0 Å². The number of nitrogens with zero attached hydrogens (tertiary/aromatic N) is 1. The Labute approximate surface area is 103 Å². The molecule has 0 spiro atoms. The number of rotatable bonds is 5. The van der Waals surface area contributed by atoms with Crippen LogP contribution in [0.3, 0.4) is 0 Å². The molecule has 0 amide bonds. The standard InChI is InChI=1S/C11H16NO6/c13-6-7(14)8(15)9(16)10(17)11(18)12-4-2-1-3-5-12/h1-5,7-10,13-17H,6H2/q+1/t7-,8-,9+,10-/m1/s1. The molecule has 0 saturated heterocycles. The molecule has 0 aliphatic heterocycles. The van der Waals surface area contributed by atoms with E-state index >= 15 is 0 Å². The molecule has 0 fully saturated rings. The summed E-state index contributed by atoms with van der Waals surface area (Å²) in [5.41, 5.74) is 0. The summed E-state index contributed by atoms with van der Waals surface area (Å²) in [5.74, 6) is -0.854. The van der Waals surface area contributed by atoms with Crippen LogP contribution in [0.4, 0.5) is 0 Å². The predicted octanol–water partition coefficient (Wildman–Crippen LogP) is -2.95. The van der Waals surface area contributed by atoms with E-state index in [1.165, 1.54) is 12.4 Å². The van der Waals surface area contributed by atoms with Crippen LogP contribution in [-0.4, -0.2) is 62.5 Å². The zero-order valence-corrected chi connectivity index (χ0v) is 9.49. The molecule has 18 heavy (non-hydrogen) atoms. The van der Waals surface area contributed by atoms with Crippen LogP contribution in [0.15, 0.2) is 30.6 Å². The molecule has 100 valence electrons. The van der Waals surface area contributed by atoms with Gasteiger partial charge in [0, 0.05) is 12.1 Å². The maximum atomic E-state index is 11.7. The van der Waals surface area contributed by atoms with E-state index in [0.717, 1.165) is 4.57 Å². The number of aliphatic hydroxyl groups excluding tert-OH is 5. The van der Waals surface area contributed by atoms with Crippen molar-refractivity contribution in [3.63, 3.8) is 0 Å². The van der Waals surface area contributed by atoms with Gasteiger partial charge in [0.2, 0.25) is 6.10 Å². The Morgan fingerprint density at radius 3 is 2.06 bits per heavy atom. The van der Waals surface area contributed by atoms with Gasteiger partial charge in [-0.3, -0.25) is 0 Å². The zero-order valence-electron chi connectivity index (χ0n) is 9.49. The third kappa shape index (κ3) is 3.31. The summed E-state index contributed by atoms with van der Waals surface area (Å²) in [6.45, 7) is -0.794. The Morgan fingerprint density at radius 2 is 1.56 bits per heavy atom. The van der Waals surface area contributed by atoms with Crippen LogP contribution in [0, 0.1) is 0 Å². The van der Waals surface area contributed by atoms with Crippen molar-refractivity contribution in [2.45, 2.75) is 24.4 Å². The number of carbonyl (C=O) groups excluding carboxylic acids is 1. The van der Waals surface area contributed by atoms with Gasteiger partial charge in [0.1, 0.15) is 18.3 Å². The van der Waals surface area contributed by atoms with Crippen LogP contribution in [0.25, 0.3) is 0 Å². The lowest BCUT2D eigenvalue weighted by Gasteiger charge is -2.22. The first-order chi connectivity index (χ1) is 8.49. The summed E-state index contributed by atoms with van der Waals surface area (Å²) >= 11 is 0. The van der Waals surface area contributed by atoms with Crippen LogP contribution in [0.2, 0.25) is 0 Å². The van der Waals surface area contributed by atoms with Crippen LogP contribution in [0.1, 0.15) is 4.79 Å². The van der Waals surface area contributed by atoms with E-state index in [0.29, 0.717) is 0 Å². The van der Waals surface area contributed by atoms with E-state index in [-0.39, 0.29) is 0 Å². The smallest absolute Gasteiger partial charge is 0.394 e. The number of carbonyl (C=O) groups is 1. The lowest BCUT2D eigenvalue weighted by molar-refractivity contribution is -0.578. The molecule has 1 aromatic heterocycles. The molecule has 7 nitrogen and oxygen atoms in total. The van der Waals surface area contributed by atoms with Gasteiger partial charge in [-0.15, -0.1) is 4.57 Å². The molecule has 1 heterocycles. The Balaban J connectivity index is 2.75. The molecule has 5 N–H and O–H groups in total. The Kier molecular flexibility index (Phi) is 5.32. The minimum absolute atomic E-state index is 0.794. The Hall–Kier alpha value is -1.38. The molecular weight excluding hydrogens is 242 g/mol.